The van der Waals surface area contributed by atoms with Gasteiger partial charge in [0.1, 0.15) is 18.3 Å². The normalized spacial score (nSPS) is 12.0. The molecule has 0 fully saturated rings. The average molecular weight is 462 g/mol. The molecule has 0 radical (unpaired) electrons. The lowest BCUT2D eigenvalue weighted by Gasteiger charge is -2.31. The van der Waals surface area contributed by atoms with Crippen molar-refractivity contribution in [3.8, 4) is 5.75 Å². The van der Waals surface area contributed by atoms with Gasteiger partial charge in [0, 0.05) is 13.1 Å². The van der Waals surface area contributed by atoms with Crippen LogP contribution in [0.1, 0.15) is 25.0 Å². The first-order chi connectivity index (χ1) is 15.1. The third-order valence-corrected chi connectivity index (χ3v) is 6.20. The zero-order chi connectivity index (χ0) is 23.9. The molecule has 0 heterocycles. The zero-order valence-corrected chi connectivity index (χ0v) is 20.0. The van der Waals surface area contributed by atoms with E-state index in [1.807, 2.05) is 6.07 Å². The number of hydrogen-bond donors (Lipinski definition) is 1. The van der Waals surface area contributed by atoms with E-state index < -0.39 is 28.5 Å². The molecule has 1 atom stereocenters. The zero-order valence-electron chi connectivity index (χ0n) is 19.2. The lowest BCUT2D eigenvalue weighted by atomic mass is 10.1. The molecule has 2 rings (SSSR count). The van der Waals surface area contributed by atoms with Gasteiger partial charge in [-0.1, -0.05) is 30.3 Å². The topological polar surface area (TPSA) is 96.0 Å². The van der Waals surface area contributed by atoms with Gasteiger partial charge in [0.15, 0.2) is 0 Å². The second-order valence-corrected chi connectivity index (χ2v) is 9.41. The van der Waals surface area contributed by atoms with E-state index in [4.69, 9.17) is 4.74 Å². The number of anilines is 1. The van der Waals surface area contributed by atoms with Crippen LogP contribution < -0.4 is 14.4 Å². The highest BCUT2D eigenvalue weighted by atomic mass is 32.2. The summed E-state index contributed by atoms with van der Waals surface area (Å²) in [5.74, 6) is -0.177. The average Bonchev–Trinajstić information content (AvgIpc) is 2.75. The lowest BCUT2D eigenvalue weighted by Crippen LogP contribution is -2.51. The van der Waals surface area contributed by atoms with Gasteiger partial charge in [-0.2, -0.15) is 0 Å². The SMILES string of the molecule is CCNC(=O)[C@@H](C)N(Cc1cccc(OC)c1)C(=O)CN(c1ccccc1C)S(C)(=O)=O. The fourth-order valence-corrected chi connectivity index (χ4v) is 4.22. The first-order valence-corrected chi connectivity index (χ1v) is 12.2. The monoisotopic (exact) mass is 461 g/mol. The molecule has 0 bridgehead atoms. The summed E-state index contributed by atoms with van der Waals surface area (Å²) < 4.78 is 31.4. The molecule has 1 N–H and O–H groups in total. The Balaban J connectivity index is 2.40. The largest absolute Gasteiger partial charge is 0.497 e. The fourth-order valence-electron chi connectivity index (χ4n) is 3.31. The number of ether oxygens (including phenoxy) is 1. The molecule has 2 aromatic carbocycles. The molecule has 32 heavy (non-hydrogen) atoms. The fraction of sp³-hybridized carbons (Fsp3) is 0.391. The van der Waals surface area contributed by atoms with Crippen molar-refractivity contribution in [3.63, 3.8) is 0 Å². The molecule has 0 aliphatic carbocycles. The number of aryl methyl sites for hydroxylation is 1. The van der Waals surface area contributed by atoms with E-state index in [0.717, 1.165) is 21.7 Å². The molecular weight excluding hydrogens is 430 g/mol. The molecule has 0 unspecified atom stereocenters. The Morgan fingerprint density at radius 2 is 1.81 bits per heavy atom. The molecule has 0 saturated carbocycles. The van der Waals surface area contributed by atoms with Gasteiger partial charge in [0.2, 0.25) is 21.8 Å². The van der Waals surface area contributed by atoms with Crippen molar-refractivity contribution >= 4 is 27.5 Å². The van der Waals surface area contributed by atoms with Crippen LogP contribution in [0.15, 0.2) is 48.5 Å². The highest BCUT2D eigenvalue weighted by molar-refractivity contribution is 7.92. The summed E-state index contributed by atoms with van der Waals surface area (Å²) in [6.45, 7) is 5.33. The Hall–Kier alpha value is -3.07. The van der Waals surface area contributed by atoms with E-state index in [9.17, 15) is 18.0 Å². The molecule has 2 amide bonds. The van der Waals surface area contributed by atoms with E-state index in [1.54, 1.807) is 70.3 Å². The van der Waals surface area contributed by atoms with Crippen molar-refractivity contribution in [3.05, 3.63) is 59.7 Å². The summed E-state index contributed by atoms with van der Waals surface area (Å²) >= 11 is 0. The standard InChI is InChI=1S/C23H31N3O5S/c1-6-24-23(28)18(3)25(15-19-11-9-12-20(14-19)31-4)22(27)16-26(32(5,29)30)21-13-8-7-10-17(21)2/h7-14,18H,6,15-16H2,1-5H3,(H,24,28)/t18-/m1/s1. The molecule has 0 saturated heterocycles. The Morgan fingerprint density at radius 1 is 1.12 bits per heavy atom. The van der Waals surface area contributed by atoms with Crippen LogP contribution in [0.3, 0.4) is 0 Å². The summed E-state index contributed by atoms with van der Waals surface area (Å²) in [7, 11) is -2.20. The van der Waals surface area contributed by atoms with Crippen molar-refractivity contribution < 1.29 is 22.7 Å². The highest BCUT2D eigenvalue weighted by Crippen LogP contribution is 2.23. The summed E-state index contributed by atoms with van der Waals surface area (Å²) in [6, 6.07) is 13.3. The number of methoxy groups -OCH3 is 1. The minimum absolute atomic E-state index is 0.125. The number of sulfonamides is 1. The van der Waals surface area contributed by atoms with Crippen LogP contribution in [-0.2, 0) is 26.2 Å². The number of carbonyl (C=O) groups excluding carboxylic acids is 2. The van der Waals surface area contributed by atoms with Crippen molar-refractivity contribution in [2.75, 3.05) is 30.8 Å². The van der Waals surface area contributed by atoms with Gasteiger partial charge >= 0.3 is 0 Å². The van der Waals surface area contributed by atoms with Crippen LogP contribution in [-0.4, -0.2) is 57.6 Å². The molecule has 8 nitrogen and oxygen atoms in total. The second-order valence-electron chi connectivity index (χ2n) is 7.50. The van der Waals surface area contributed by atoms with E-state index in [2.05, 4.69) is 5.32 Å². The molecule has 0 aromatic heterocycles. The summed E-state index contributed by atoms with van der Waals surface area (Å²) in [4.78, 5) is 27.3. The number of rotatable bonds is 10. The number of hydrogen-bond acceptors (Lipinski definition) is 5. The van der Waals surface area contributed by atoms with Crippen LogP contribution in [0.5, 0.6) is 5.75 Å². The molecule has 0 aliphatic rings. The minimum atomic E-state index is -3.74. The van der Waals surface area contributed by atoms with Crippen molar-refractivity contribution in [2.24, 2.45) is 0 Å². The Morgan fingerprint density at radius 3 is 2.41 bits per heavy atom. The van der Waals surface area contributed by atoms with E-state index in [0.29, 0.717) is 18.0 Å². The lowest BCUT2D eigenvalue weighted by molar-refractivity contribution is -0.139. The van der Waals surface area contributed by atoms with Gasteiger partial charge in [-0.05, 0) is 50.1 Å². The molecule has 0 aliphatic heterocycles. The number of amides is 2. The van der Waals surface area contributed by atoms with Crippen LogP contribution in [0.25, 0.3) is 0 Å². The first kappa shape index (κ1) is 25.2. The number of benzene rings is 2. The molecule has 0 spiro atoms. The minimum Gasteiger partial charge on any atom is -0.497 e. The van der Waals surface area contributed by atoms with E-state index in [1.165, 1.54) is 4.90 Å². The maximum absolute atomic E-state index is 13.4. The smallest absolute Gasteiger partial charge is 0.244 e. The maximum Gasteiger partial charge on any atom is 0.244 e. The molecule has 9 heteroatoms. The number of nitrogens with zero attached hydrogens (tertiary/aromatic N) is 2. The van der Waals surface area contributed by atoms with Gasteiger partial charge < -0.3 is 15.0 Å². The van der Waals surface area contributed by atoms with E-state index in [-0.39, 0.29) is 12.5 Å². The Labute approximate surface area is 190 Å². The van der Waals surface area contributed by atoms with Crippen LogP contribution >= 0.6 is 0 Å². The molecular formula is C23H31N3O5S. The van der Waals surface area contributed by atoms with Crippen molar-refractivity contribution in [2.45, 2.75) is 33.4 Å². The van der Waals surface area contributed by atoms with E-state index >= 15 is 0 Å². The predicted octanol–water partition coefficient (Wildman–Crippen LogP) is 2.32. The highest BCUT2D eigenvalue weighted by Gasteiger charge is 2.30. The van der Waals surface area contributed by atoms with Crippen LogP contribution in [0.2, 0.25) is 0 Å². The second kappa shape index (κ2) is 11.0. The van der Waals surface area contributed by atoms with Gasteiger partial charge in [-0.15, -0.1) is 0 Å². The Kier molecular flexibility index (Phi) is 8.65. The summed E-state index contributed by atoms with van der Waals surface area (Å²) in [5.41, 5.74) is 1.91. The Bertz CT molecular complexity index is 1060. The number of para-hydroxylation sites is 1. The van der Waals surface area contributed by atoms with Crippen molar-refractivity contribution in [1.29, 1.82) is 0 Å². The first-order valence-electron chi connectivity index (χ1n) is 10.3. The van der Waals surface area contributed by atoms with Crippen molar-refractivity contribution in [1.82, 2.24) is 10.2 Å². The number of carbonyl (C=O) groups is 2. The number of nitrogens with one attached hydrogen (secondary N) is 1. The third-order valence-electron chi connectivity index (χ3n) is 5.07. The molecule has 2 aromatic rings. The van der Waals surface area contributed by atoms with Crippen LogP contribution in [0.4, 0.5) is 5.69 Å². The maximum atomic E-state index is 13.4. The summed E-state index contributed by atoms with van der Waals surface area (Å²) in [6.07, 6.45) is 1.06. The molecule has 174 valence electrons. The van der Waals surface area contributed by atoms with Gasteiger partial charge in [0.25, 0.3) is 0 Å². The van der Waals surface area contributed by atoms with Crippen LogP contribution in [0, 0.1) is 6.92 Å². The quantitative estimate of drug-likeness (QED) is 0.586. The van der Waals surface area contributed by atoms with Gasteiger partial charge in [-0.3, -0.25) is 13.9 Å². The van der Waals surface area contributed by atoms with Gasteiger partial charge in [-0.25, -0.2) is 8.42 Å². The third kappa shape index (κ3) is 6.46. The predicted molar refractivity (Wildman–Crippen MR) is 125 cm³/mol. The number of likely N-dealkylation sites (N-methyl/N-ethyl adjacent to an activating group) is 1. The summed E-state index contributed by atoms with van der Waals surface area (Å²) in [5, 5.41) is 2.72. The van der Waals surface area contributed by atoms with Gasteiger partial charge in [0.05, 0.1) is 19.1 Å².